The monoisotopic (exact) mass is 424 g/mol. The Balaban J connectivity index is 1.57. The van der Waals surface area contributed by atoms with Crippen molar-refractivity contribution in [3.63, 3.8) is 0 Å². The van der Waals surface area contributed by atoms with Gasteiger partial charge in [0.05, 0.1) is 24.3 Å². The number of ether oxygens (including phenoxy) is 1. The summed E-state index contributed by atoms with van der Waals surface area (Å²) in [7, 11) is 1.63. The first-order chi connectivity index (χ1) is 15.5. The van der Waals surface area contributed by atoms with Crippen LogP contribution >= 0.6 is 0 Å². The summed E-state index contributed by atoms with van der Waals surface area (Å²) in [6.07, 6.45) is 2.38. The zero-order chi connectivity index (χ0) is 22.5. The molecule has 32 heavy (non-hydrogen) atoms. The van der Waals surface area contributed by atoms with E-state index in [-0.39, 0.29) is 11.0 Å². The minimum atomic E-state index is -0.984. The molecule has 5 nitrogen and oxygen atoms in total. The largest absolute Gasteiger partial charge is 0.497 e. The van der Waals surface area contributed by atoms with E-state index >= 15 is 0 Å². The zero-order valence-electron chi connectivity index (χ0n) is 17.4. The van der Waals surface area contributed by atoms with E-state index < -0.39 is 5.97 Å². The number of benzene rings is 3. The average molecular weight is 424 g/mol. The highest BCUT2D eigenvalue weighted by Gasteiger charge is 2.09. The fourth-order valence-corrected chi connectivity index (χ4v) is 3.39. The molecule has 0 amide bonds. The highest BCUT2D eigenvalue weighted by atomic mass is 16.5. The smallest absolute Gasteiger partial charge is 0.335 e. The Labute approximate surface area is 184 Å². The molecule has 0 radical (unpaired) electrons. The Bertz CT molecular complexity index is 1400. The maximum absolute atomic E-state index is 13.0. The van der Waals surface area contributed by atoms with E-state index in [1.807, 2.05) is 30.3 Å². The maximum Gasteiger partial charge on any atom is 0.335 e. The molecule has 5 heteroatoms. The van der Waals surface area contributed by atoms with Gasteiger partial charge in [0.15, 0.2) is 5.43 Å². The Kier molecular flexibility index (Phi) is 6.05. The second-order valence-corrected chi connectivity index (χ2v) is 7.31. The molecule has 1 heterocycles. The summed E-state index contributed by atoms with van der Waals surface area (Å²) >= 11 is 0. The molecule has 0 fully saturated rings. The van der Waals surface area contributed by atoms with Crippen molar-refractivity contribution < 1.29 is 19.1 Å². The van der Waals surface area contributed by atoms with Crippen LogP contribution in [0.15, 0.2) is 82.2 Å². The summed E-state index contributed by atoms with van der Waals surface area (Å²) in [4.78, 5) is 24.0. The molecule has 4 aromatic rings. The van der Waals surface area contributed by atoms with Crippen molar-refractivity contribution in [1.82, 2.24) is 0 Å². The normalized spacial score (nSPS) is 10.4. The molecule has 3 aromatic carbocycles. The Morgan fingerprint density at radius 1 is 1.03 bits per heavy atom. The third-order valence-corrected chi connectivity index (χ3v) is 5.10. The molecule has 0 unspecified atom stereocenters. The molecule has 4 rings (SSSR count). The van der Waals surface area contributed by atoms with Gasteiger partial charge < -0.3 is 14.3 Å². The fourth-order valence-electron chi connectivity index (χ4n) is 3.39. The summed E-state index contributed by atoms with van der Waals surface area (Å²) in [5.74, 6) is 6.05. The van der Waals surface area contributed by atoms with Crippen LogP contribution in [0.5, 0.6) is 5.75 Å². The number of carboxylic acid groups (broad SMARTS) is 1. The molecular formula is C27H20O5. The minimum absolute atomic E-state index is 0.120. The summed E-state index contributed by atoms with van der Waals surface area (Å²) in [5, 5.41) is 9.49. The van der Waals surface area contributed by atoms with Crippen LogP contribution in [0.25, 0.3) is 11.0 Å². The number of hydrogen-bond acceptors (Lipinski definition) is 4. The standard InChI is InChI=1S/C27H20O5/c1-31-23-7-3-6-18(15-23)4-2-5-19-10-13-25-24(16-19)26(28)22(17-32-25)14-20-8-11-21(12-9-20)27(29)30/h3,6-13,15-17H,4,14H2,1H3,(H,29,30). The summed E-state index contributed by atoms with van der Waals surface area (Å²) in [6.45, 7) is 0. The van der Waals surface area contributed by atoms with Crippen LogP contribution in [0.3, 0.4) is 0 Å². The topological polar surface area (TPSA) is 76.7 Å². The van der Waals surface area contributed by atoms with Gasteiger partial charge in [0, 0.05) is 24.0 Å². The lowest BCUT2D eigenvalue weighted by atomic mass is 10.0. The van der Waals surface area contributed by atoms with Crippen molar-refractivity contribution in [1.29, 1.82) is 0 Å². The van der Waals surface area contributed by atoms with E-state index in [1.165, 1.54) is 18.4 Å². The van der Waals surface area contributed by atoms with Gasteiger partial charge in [-0.2, -0.15) is 0 Å². The fraction of sp³-hybridized carbons (Fsp3) is 0.111. The van der Waals surface area contributed by atoms with Crippen molar-refractivity contribution in [2.75, 3.05) is 7.11 Å². The Morgan fingerprint density at radius 3 is 2.59 bits per heavy atom. The molecule has 1 N–H and O–H groups in total. The molecule has 1 aromatic heterocycles. The van der Waals surface area contributed by atoms with Crippen LogP contribution < -0.4 is 10.2 Å². The summed E-state index contributed by atoms with van der Waals surface area (Å²) in [5.41, 5.74) is 3.70. The van der Waals surface area contributed by atoms with E-state index in [0.717, 1.165) is 22.4 Å². The predicted molar refractivity (Wildman–Crippen MR) is 122 cm³/mol. The number of rotatable bonds is 5. The highest BCUT2D eigenvalue weighted by molar-refractivity contribution is 5.87. The lowest BCUT2D eigenvalue weighted by Crippen LogP contribution is -2.09. The van der Waals surface area contributed by atoms with Crippen molar-refractivity contribution in [3.05, 3.63) is 111 Å². The molecule has 0 aliphatic carbocycles. The number of hydrogen-bond donors (Lipinski definition) is 1. The molecule has 0 saturated heterocycles. The van der Waals surface area contributed by atoms with Gasteiger partial charge in [0.1, 0.15) is 11.3 Å². The summed E-state index contributed by atoms with van der Waals surface area (Å²) in [6, 6.07) is 19.5. The van der Waals surface area contributed by atoms with Gasteiger partial charge in [-0.15, -0.1) is 0 Å². The van der Waals surface area contributed by atoms with Crippen LogP contribution in [0, 0.1) is 11.8 Å². The first-order valence-electron chi connectivity index (χ1n) is 10.0. The molecule has 0 spiro atoms. The number of methoxy groups -OCH3 is 1. The van der Waals surface area contributed by atoms with E-state index in [9.17, 15) is 9.59 Å². The van der Waals surface area contributed by atoms with Gasteiger partial charge in [-0.25, -0.2) is 4.79 Å². The highest BCUT2D eigenvalue weighted by Crippen LogP contribution is 2.16. The second-order valence-electron chi connectivity index (χ2n) is 7.31. The molecule has 0 atom stereocenters. The van der Waals surface area contributed by atoms with Crippen LogP contribution in [-0.4, -0.2) is 18.2 Å². The zero-order valence-corrected chi connectivity index (χ0v) is 17.4. The third kappa shape index (κ3) is 4.71. The van der Waals surface area contributed by atoms with Crippen molar-refractivity contribution in [3.8, 4) is 17.6 Å². The first-order valence-corrected chi connectivity index (χ1v) is 10.0. The van der Waals surface area contributed by atoms with Gasteiger partial charge in [-0.1, -0.05) is 36.1 Å². The predicted octanol–water partition coefficient (Wildman–Crippen LogP) is 4.68. The third-order valence-electron chi connectivity index (χ3n) is 5.10. The maximum atomic E-state index is 13.0. The van der Waals surface area contributed by atoms with Gasteiger partial charge in [-0.05, 0) is 53.6 Å². The number of aromatic carboxylic acids is 1. The number of carboxylic acids is 1. The van der Waals surface area contributed by atoms with Gasteiger partial charge in [-0.3, -0.25) is 4.79 Å². The average Bonchev–Trinajstić information content (AvgIpc) is 2.81. The molecular weight excluding hydrogens is 404 g/mol. The first kappa shape index (κ1) is 21.0. The van der Waals surface area contributed by atoms with E-state index in [1.54, 1.807) is 31.4 Å². The van der Waals surface area contributed by atoms with Crippen molar-refractivity contribution >= 4 is 16.9 Å². The summed E-state index contributed by atoms with van der Waals surface area (Å²) < 4.78 is 10.9. The van der Waals surface area contributed by atoms with Crippen molar-refractivity contribution in [2.24, 2.45) is 0 Å². The van der Waals surface area contributed by atoms with E-state index in [2.05, 4.69) is 11.8 Å². The Hall–Kier alpha value is -4.30. The lowest BCUT2D eigenvalue weighted by molar-refractivity contribution is 0.0697. The van der Waals surface area contributed by atoms with Crippen LogP contribution in [0.4, 0.5) is 0 Å². The minimum Gasteiger partial charge on any atom is -0.497 e. The molecule has 0 aliphatic heterocycles. The molecule has 0 bridgehead atoms. The van der Waals surface area contributed by atoms with Crippen LogP contribution in [0.2, 0.25) is 0 Å². The SMILES string of the molecule is COc1cccc(CC#Cc2ccc3occ(Cc4ccc(C(=O)O)cc4)c(=O)c3c2)c1. The Morgan fingerprint density at radius 2 is 1.84 bits per heavy atom. The molecule has 0 aliphatic rings. The van der Waals surface area contributed by atoms with Crippen molar-refractivity contribution in [2.45, 2.75) is 12.8 Å². The van der Waals surface area contributed by atoms with Gasteiger partial charge in [0.25, 0.3) is 0 Å². The molecule has 0 saturated carbocycles. The lowest BCUT2D eigenvalue weighted by Gasteiger charge is -2.04. The van der Waals surface area contributed by atoms with E-state index in [0.29, 0.717) is 29.4 Å². The van der Waals surface area contributed by atoms with Crippen LogP contribution in [-0.2, 0) is 12.8 Å². The second kappa shape index (κ2) is 9.23. The number of fused-ring (bicyclic) bond motifs is 1. The van der Waals surface area contributed by atoms with E-state index in [4.69, 9.17) is 14.3 Å². The number of carbonyl (C=O) groups is 1. The molecule has 158 valence electrons. The quantitative estimate of drug-likeness (QED) is 0.471. The van der Waals surface area contributed by atoms with Gasteiger partial charge >= 0.3 is 5.97 Å². The van der Waals surface area contributed by atoms with Gasteiger partial charge in [0.2, 0.25) is 0 Å². The van der Waals surface area contributed by atoms with Crippen LogP contribution in [0.1, 0.15) is 32.6 Å².